The summed E-state index contributed by atoms with van der Waals surface area (Å²) in [4.78, 5) is 20.8. The van der Waals surface area contributed by atoms with Crippen LogP contribution in [0.4, 0.5) is 0 Å². The summed E-state index contributed by atoms with van der Waals surface area (Å²) in [6.45, 7) is 4.72. The molecule has 26 heavy (non-hydrogen) atoms. The smallest absolute Gasteiger partial charge is 0.252 e. The number of fused-ring (bicyclic) bond motifs is 1. The Kier molecular flexibility index (Phi) is 4.41. The van der Waals surface area contributed by atoms with Crippen LogP contribution in [-0.4, -0.2) is 32.0 Å². The molecule has 2 aromatic heterocycles. The van der Waals surface area contributed by atoms with Crippen LogP contribution in [0.15, 0.2) is 36.7 Å². The summed E-state index contributed by atoms with van der Waals surface area (Å²) in [5, 5.41) is 7.29. The molecule has 134 valence electrons. The maximum atomic E-state index is 12.3. The second kappa shape index (κ2) is 6.86. The predicted octanol–water partition coefficient (Wildman–Crippen LogP) is 2.59. The molecule has 1 amide bonds. The van der Waals surface area contributed by atoms with Gasteiger partial charge in [-0.3, -0.25) is 4.79 Å². The fourth-order valence-electron chi connectivity index (χ4n) is 3.67. The predicted molar refractivity (Wildman–Crippen MR) is 98.9 cm³/mol. The van der Waals surface area contributed by atoms with E-state index in [4.69, 9.17) is 0 Å². The average Bonchev–Trinajstić information content (AvgIpc) is 3.28. The maximum absolute atomic E-state index is 12.3. The Hall–Kier alpha value is -2.76. The molecule has 1 aliphatic rings. The number of aromatic nitrogens is 4. The number of amides is 1. The summed E-state index contributed by atoms with van der Waals surface area (Å²) >= 11 is 0. The van der Waals surface area contributed by atoms with Crippen LogP contribution in [0.25, 0.3) is 5.78 Å². The molecule has 0 aliphatic heterocycles. The Balaban J connectivity index is 1.30. The van der Waals surface area contributed by atoms with E-state index in [0.717, 1.165) is 29.9 Å². The van der Waals surface area contributed by atoms with Crippen molar-refractivity contribution in [2.24, 2.45) is 5.92 Å². The minimum atomic E-state index is 0.0983. The van der Waals surface area contributed by atoms with Gasteiger partial charge in [0, 0.05) is 24.4 Å². The number of aryl methyl sites for hydroxylation is 2. The van der Waals surface area contributed by atoms with E-state index in [9.17, 15) is 4.79 Å². The van der Waals surface area contributed by atoms with Crippen molar-refractivity contribution in [1.29, 1.82) is 0 Å². The number of nitrogens with zero attached hydrogens (tertiary/aromatic N) is 4. The number of nitrogens with one attached hydrogen (secondary N) is 1. The number of hydrogen-bond donors (Lipinski definition) is 1. The lowest BCUT2D eigenvalue weighted by molar-refractivity contribution is -0.121. The first-order valence-corrected chi connectivity index (χ1v) is 9.11. The molecule has 6 nitrogen and oxygen atoms in total. The van der Waals surface area contributed by atoms with Crippen molar-refractivity contribution in [3.8, 4) is 0 Å². The zero-order valence-corrected chi connectivity index (χ0v) is 15.1. The summed E-state index contributed by atoms with van der Waals surface area (Å²) < 4.78 is 1.73. The van der Waals surface area contributed by atoms with Gasteiger partial charge in [-0.2, -0.15) is 10.1 Å². The summed E-state index contributed by atoms with van der Waals surface area (Å²) in [5.74, 6) is 1.87. The molecule has 2 atom stereocenters. The van der Waals surface area contributed by atoms with E-state index in [0.29, 0.717) is 30.5 Å². The Morgan fingerprint density at radius 1 is 1.27 bits per heavy atom. The fraction of sp³-hybridized carbons (Fsp3) is 0.400. The number of rotatable bonds is 6. The standard InChI is InChI=1S/C20H23N5O/c1-13-17(14(2)25-20(24-13)22-12-23-25)8-9-19(26)21-11-16-10-18(16)15-6-4-3-5-7-15/h3-7,12,16,18H,8-11H2,1-2H3,(H,21,26)/t16-,18+/m0/s1. The number of benzene rings is 1. The average molecular weight is 349 g/mol. The Labute approximate surface area is 152 Å². The molecule has 6 heteroatoms. The minimum Gasteiger partial charge on any atom is -0.356 e. The highest BCUT2D eigenvalue weighted by molar-refractivity contribution is 5.76. The first-order chi connectivity index (χ1) is 12.6. The van der Waals surface area contributed by atoms with Crippen molar-refractivity contribution in [3.05, 3.63) is 59.2 Å². The fourth-order valence-corrected chi connectivity index (χ4v) is 3.67. The number of carbonyl (C=O) groups excluding carboxylic acids is 1. The van der Waals surface area contributed by atoms with Gasteiger partial charge in [0.2, 0.25) is 5.91 Å². The van der Waals surface area contributed by atoms with Crippen molar-refractivity contribution in [2.75, 3.05) is 6.54 Å². The van der Waals surface area contributed by atoms with Gasteiger partial charge < -0.3 is 5.32 Å². The first kappa shape index (κ1) is 16.7. The van der Waals surface area contributed by atoms with Crippen LogP contribution in [0, 0.1) is 19.8 Å². The van der Waals surface area contributed by atoms with Crippen molar-refractivity contribution >= 4 is 11.7 Å². The molecule has 0 spiro atoms. The summed E-state index contributed by atoms with van der Waals surface area (Å²) in [6.07, 6.45) is 3.80. The van der Waals surface area contributed by atoms with Crippen LogP contribution in [-0.2, 0) is 11.2 Å². The van der Waals surface area contributed by atoms with Gasteiger partial charge in [0.1, 0.15) is 6.33 Å². The zero-order valence-electron chi connectivity index (χ0n) is 15.1. The molecule has 1 fully saturated rings. The number of carbonyl (C=O) groups is 1. The van der Waals surface area contributed by atoms with Gasteiger partial charge in [0.25, 0.3) is 5.78 Å². The Morgan fingerprint density at radius 2 is 2.08 bits per heavy atom. The third-order valence-corrected chi connectivity index (χ3v) is 5.30. The molecule has 1 aromatic carbocycles. The van der Waals surface area contributed by atoms with Crippen molar-refractivity contribution in [3.63, 3.8) is 0 Å². The normalized spacial score (nSPS) is 18.8. The van der Waals surface area contributed by atoms with E-state index in [-0.39, 0.29) is 5.91 Å². The molecule has 1 N–H and O–H groups in total. The second-order valence-corrected chi connectivity index (χ2v) is 7.05. The first-order valence-electron chi connectivity index (χ1n) is 9.11. The topological polar surface area (TPSA) is 72.2 Å². The van der Waals surface area contributed by atoms with Gasteiger partial charge >= 0.3 is 0 Å². The Morgan fingerprint density at radius 3 is 2.88 bits per heavy atom. The van der Waals surface area contributed by atoms with Crippen LogP contribution in [0.2, 0.25) is 0 Å². The molecule has 0 saturated heterocycles. The van der Waals surface area contributed by atoms with Gasteiger partial charge in [-0.05, 0) is 49.7 Å². The summed E-state index contributed by atoms with van der Waals surface area (Å²) in [5.41, 5.74) is 4.38. The molecule has 3 aromatic rings. The SMILES string of the molecule is Cc1nc2ncnn2c(C)c1CCC(=O)NC[C@@H]1C[C@@H]1c1ccccc1. The van der Waals surface area contributed by atoms with Crippen LogP contribution in [0.5, 0.6) is 0 Å². The molecule has 0 unspecified atom stereocenters. The third kappa shape index (κ3) is 3.31. The summed E-state index contributed by atoms with van der Waals surface area (Å²) in [6, 6.07) is 10.5. The van der Waals surface area contributed by atoms with Crippen LogP contribution < -0.4 is 5.32 Å². The van der Waals surface area contributed by atoms with E-state index in [1.54, 1.807) is 4.52 Å². The highest BCUT2D eigenvalue weighted by Crippen LogP contribution is 2.46. The lowest BCUT2D eigenvalue weighted by atomic mass is 10.1. The van der Waals surface area contributed by atoms with Gasteiger partial charge in [0.15, 0.2) is 0 Å². The van der Waals surface area contributed by atoms with Gasteiger partial charge in [-0.1, -0.05) is 30.3 Å². The van der Waals surface area contributed by atoms with Gasteiger partial charge in [-0.15, -0.1) is 0 Å². The van der Waals surface area contributed by atoms with E-state index in [1.807, 2.05) is 19.9 Å². The van der Waals surface area contributed by atoms with Gasteiger partial charge in [0.05, 0.1) is 0 Å². The molecule has 2 heterocycles. The van der Waals surface area contributed by atoms with E-state index >= 15 is 0 Å². The van der Waals surface area contributed by atoms with Gasteiger partial charge in [-0.25, -0.2) is 9.50 Å². The van der Waals surface area contributed by atoms with Crippen LogP contribution >= 0.6 is 0 Å². The van der Waals surface area contributed by atoms with E-state index < -0.39 is 0 Å². The molecular weight excluding hydrogens is 326 g/mol. The molecular formula is C20H23N5O. The van der Waals surface area contributed by atoms with Crippen molar-refractivity contribution in [2.45, 2.75) is 39.0 Å². The number of hydrogen-bond acceptors (Lipinski definition) is 4. The molecule has 0 radical (unpaired) electrons. The highest BCUT2D eigenvalue weighted by Gasteiger charge is 2.37. The molecule has 4 rings (SSSR count). The Bertz CT molecular complexity index is 934. The minimum absolute atomic E-state index is 0.0983. The maximum Gasteiger partial charge on any atom is 0.252 e. The summed E-state index contributed by atoms with van der Waals surface area (Å²) in [7, 11) is 0. The molecule has 0 bridgehead atoms. The van der Waals surface area contributed by atoms with E-state index in [1.165, 1.54) is 11.9 Å². The largest absolute Gasteiger partial charge is 0.356 e. The highest BCUT2D eigenvalue weighted by atomic mass is 16.1. The van der Waals surface area contributed by atoms with Crippen molar-refractivity contribution < 1.29 is 4.79 Å². The molecule has 1 aliphatic carbocycles. The quantitative estimate of drug-likeness (QED) is 0.742. The molecule has 1 saturated carbocycles. The lowest BCUT2D eigenvalue weighted by Gasteiger charge is -2.10. The van der Waals surface area contributed by atoms with Crippen LogP contribution in [0.1, 0.15) is 41.3 Å². The lowest BCUT2D eigenvalue weighted by Crippen LogP contribution is -2.26. The monoisotopic (exact) mass is 349 g/mol. The van der Waals surface area contributed by atoms with Crippen molar-refractivity contribution in [1.82, 2.24) is 24.9 Å². The zero-order chi connectivity index (χ0) is 18.1. The van der Waals surface area contributed by atoms with E-state index in [2.05, 4.69) is 44.6 Å². The second-order valence-electron chi connectivity index (χ2n) is 7.05. The van der Waals surface area contributed by atoms with Crippen LogP contribution in [0.3, 0.4) is 0 Å². The third-order valence-electron chi connectivity index (χ3n) is 5.30.